The molecule has 2 aromatic heterocycles. The summed E-state index contributed by atoms with van der Waals surface area (Å²) in [5.74, 6) is 0.293. The topological polar surface area (TPSA) is 118 Å². The highest BCUT2D eigenvalue weighted by Crippen LogP contribution is 2.34. The molecule has 0 bridgehead atoms. The van der Waals surface area contributed by atoms with Crippen molar-refractivity contribution in [3.05, 3.63) is 48.0 Å². The number of nitrogens with two attached hydrogens (primary N) is 1. The van der Waals surface area contributed by atoms with E-state index in [9.17, 15) is 5.11 Å². The molecular weight excluding hydrogens is 374 g/mol. The van der Waals surface area contributed by atoms with Crippen molar-refractivity contribution in [1.29, 1.82) is 0 Å². The maximum atomic E-state index is 10.8. The third-order valence-electron chi connectivity index (χ3n) is 5.76. The molecule has 3 N–H and O–H groups in total. The summed E-state index contributed by atoms with van der Waals surface area (Å²) in [7, 11) is 1.55. The molecule has 1 saturated heterocycles. The summed E-state index contributed by atoms with van der Waals surface area (Å²) in [5.41, 5.74) is 9.54. The number of benzene rings is 1. The van der Waals surface area contributed by atoms with Crippen molar-refractivity contribution < 1.29 is 19.3 Å². The number of nitrogens with zero attached hydrogens (tertiary/aromatic N) is 4. The molecule has 0 radical (unpaired) electrons. The Kier molecular flexibility index (Phi) is 4.67. The Morgan fingerprint density at radius 2 is 1.97 bits per heavy atom. The molecule has 0 amide bonds. The molecule has 29 heavy (non-hydrogen) atoms. The van der Waals surface area contributed by atoms with Crippen LogP contribution in [-0.4, -0.2) is 62.8 Å². The minimum Gasteiger partial charge on any atom is -0.387 e. The summed E-state index contributed by atoms with van der Waals surface area (Å²) in [5, 5.41) is 10.8. The molecule has 1 fully saturated rings. The molecular formula is C20H23N5O4. The average Bonchev–Trinajstić information content (AvgIpc) is 3.41. The first kappa shape index (κ1) is 18.4. The molecule has 1 aromatic carbocycles. The van der Waals surface area contributed by atoms with Gasteiger partial charge in [0.25, 0.3) is 0 Å². The van der Waals surface area contributed by atoms with Crippen LogP contribution in [0.4, 0.5) is 5.82 Å². The highest BCUT2D eigenvalue weighted by molar-refractivity contribution is 5.81. The molecule has 3 heterocycles. The van der Waals surface area contributed by atoms with Gasteiger partial charge in [0.1, 0.15) is 30.2 Å². The van der Waals surface area contributed by atoms with E-state index >= 15 is 0 Å². The number of hydrogen-bond acceptors (Lipinski definition) is 8. The van der Waals surface area contributed by atoms with Gasteiger partial charge in [0.05, 0.1) is 19.0 Å². The second kappa shape index (κ2) is 7.34. The van der Waals surface area contributed by atoms with E-state index in [-0.39, 0.29) is 12.7 Å². The number of imidazole rings is 1. The lowest BCUT2D eigenvalue weighted by atomic mass is 10.1. The minimum absolute atomic E-state index is 0.0878. The van der Waals surface area contributed by atoms with E-state index in [2.05, 4.69) is 27.1 Å². The average molecular weight is 397 g/mol. The molecule has 1 aliphatic carbocycles. The van der Waals surface area contributed by atoms with Crippen LogP contribution >= 0.6 is 0 Å². The minimum atomic E-state index is -0.842. The Labute approximate surface area is 167 Å². The van der Waals surface area contributed by atoms with Crippen LogP contribution in [0.15, 0.2) is 36.9 Å². The number of fused-ring (bicyclic) bond motifs is 2. The summed E-state index contributed by atoms with van der Waals surface area (Å²) in [6, 6.07) is 8.36. The highest BCUT2D eigenvalue weighted by atomic mass is 16.6. The maximum absolute atomic E-state index is 10.8. The second-order valence-electron chi connectivity index (χ2n) is 7.47. The van der Waals surface area contributed by atoms with E-state index in [1.54, 1.807) is 18.0 Å². The van der Waals surface area contributed by atoms with Crippen molar-refractivity contribution in [3.8, 4) is 0 Å². The van der Waals surface area contributed by atoms with Crippen LogP contribution in [0.2, 0.25) is 0 Å². The first-order valence-corrected chi connectivity index (χ1v) is 9.63. The molecule has 2 aliphatic rings. The highest BCUT2D eigenvalue weighted by Gasteiger charge is 2.46. The van der Waals surface area contributed by atoms with E-state index in [0.717, 1.165) is 12.8 Å². The van der Waals surface area contributed by atoms with Crippen molar-refractivity contribution >= 4 is 17.0 Å². The largest absolute Gasteiger partial charge is 0.387 e. The van der Waals surface area contributed by atoms with Gasteiger partial charge in [-0.3, -0.25) is 4.57 Å². The zero-order valence-corrected chi connectivity index (χ0v) is 16.0. The normalized spacial score (nSPS) is 27.0. The molecule has 4 atom stereocenters. The van der Waals surface area contributed by atoms with Crippen molar-refractivity contribution in [2.45, 2.75) is 43.5 Å². The van der Waals surface area contributed by atoms with Gasteiger partial charge in [-0.05, 0) is 24.0 Å². The summed E-state index contributed by atoms with van der Waals surface area (Å²) in [6.07, 6.45) is 2.25. The van der Waals surface area contributed by atoms with E-state index in [0.29, 0.717) is 17.0 Å². The zero-order chi connectivity index (χ0) is 20.0. The van der Waals surface area contributed by atoms with Gasteiger partial charge in [-0.25, -0.2) is 15.0 Å². The predicted molar refractivity (Wildman–Crippen MR) is 104 cm³/mol. The number of nitrogen functional groups attached to an aromatic ring is 1. The number of aliphatic hydroxyl groups is 1. The number of rotatable bonds is 5. The number of ether oxygens (including phenoxy) is 3. The number of anilines is 1. The fourth-order valence-corrected chi connectivity index (χ4v) is 4.26. The fraction of sp³-hybridized carbons (Fsp3) is 0.450. The monoisotopic (exact) mass is 397 g/mol. The molecule has 0 spiro atoms. The number of hydrogen-bond donors (Lipinski definition) is 2. The Morgan fingerprint density at radius 3 is 2.69 bits per heavy atom. The van der Waals surface area contributed by atoms with Crippen molar-refractivity contribution in [2.75, 3.05) is 19.5 Å². The lowest BCUT2D eigenvalue weighted by molar-refractivity contribution is -0.0807. The lowest BCUT2D eigenvalue weighted by Gasteiger charge is -2.19. The van der Waals surface area contributed by atoms with Gasteiger partial charge in [0.15, 0.2) is 17.7 Å². The summed E-state index contributed by atoms with van der Waals surface area (Å²) < 4.78 is 19.5. The smallest absolute Gasteiger partial charge is 0.167 e. The zero-order valence-electron chi connectivity index (χ0n) is 16.0. The SMILES string of the molecule is CO[C@@H]1[C@H](O)[C@@H](COC2Cc3ccccc3C2)O[C@H]1n1cnc2c(N)ncnc21. The predicted octanol–water partition coefficient (Wildman–Crippen LogP) is 0.866. The molecule has 0 saturated carbocycles. The third kappa shape index (κ3) is 3.16. The summed E-state index contributed by atoms with van der Waals surface area (Å²) in [6.45, 7) is 0.278. The second-order valence-corrected chi connectivity index (χ2v) is 7.47. The Balaban J connectivity index is 1.31. The van der Waals surface area contributed by atoms with Gasteiger partial charge in [-0.2, -0.15) is 0 Å². The molecule has 3 aromatic rings. The fourth-order valence-electron chi connectivity index (χ4n) is 4.26. The van der Waals surface area contributed by atoms with E-state index in [1.807, 2.05) is 12.1 Å². The van der Waals surface area contributed by atoms with E-state index in [4.69, 9.17) is 19.9 Å². The molecule has 5 rings (SSSR count). The summed E-state index contributed by atoms with van der Waals surface area (Å²) in [4.78, 5) is 12.5. The van der Waals surface area contributed by atoms with Gasteiger partial charge >= 0.3 is 0 Å². The van der Waals surface area contributed by atoms with Gasteiger partial charge in [0.2, 0.25) is 0 Å². The Morgan fingerprint density at radius 1 is 1.21 bits per heavy atom. The van der Waals surface area contributed by atoms with E-state index in [1.165, 1.54) is 17.5 Å². The quantitative estimate of drug-likeness (QED) is 0.651. The molecule has 9 heteroatoms. The first-order valence-electron chi connectivity index (χ1n) is 9.63. The Hall–Kier alpha value is -2.59. The van der Waals surface area contributed by atoms with Crippen LogP contribution in [0.3, 0.4) is 0 Å². The molecule has 0 unspecified atom stereocenters. The standard InChI is InChI=1S/C20H23N5O4/c1-27-17-16(26)14(8-28-13-6-11-4-2-3-5-12(11)7-13)29-20(17)25-10-24-15-18(21)22-9-23-19(15)25/h2-5,9-10,13-14,16-17,20,26H,6-8H2,1H3,(H2,21,22,23)/t14-,16-,17-,20-/m1/s1. The molecule has 9 nitrogen and oxygen atoms in total. The first-order chi connectivity index (χ1) is 14.2. The molecule has 1 aliphatic heterocycles. The summed E-state index contributed by atoms with van der Waals surface area (Å²) >= 11 is 0. The van der Waals surface area contributed by atoms with Crippen LogP contribution in [0.25, 0.3) is 11.2 Å². The lowest BCUT2D eigenvalue weighted by Crippen LogP contribution is -2.36. The number of aromatic nitrogens is 4. The van der Waals surface area contributed by atoms with Crippen LogP contribution in [0, 0.1) is 0 Å². The van der Waals surface area contributed by atoms with Crippen LogP contribution in [-0.2, 0) is 27.1 Å². The maximum Gasteiger partial charge on any atom is 0.167 e. The van der Waals surface area contributed by atoms with E-state index < -0.39 is 24.5 Å². The van der Waals surface area contributed by atoms with Crippen molar-refractivity contribution in [2.24, 2.45) is 0 Å². The molecule has 152 valence electrons. The van der Waals surface area contributed by atoms with Gasteiger partial charge in [-0.15, -0.1) is 0 Å². The van der Waals surface area contributed by atoms with Crippen LogP contribution in [0.1, 0.15) is 17.4 Å². The number of aliphatic hydroxyl groups excluding tert-OH is 1. The third-order valence-corrected chi connectivity index (χ3v) is 5.76. The van der Waals surface area contributed by atoms with Crippen LogP contribution < -0.4 is 5.73 Å². The van der Waals surface area contributed by atoms with Crippen molar-refractivity contribution in [1.82, 2.24) is 19.5 Å². The van der Waals surface area contributed by atoms with Crippen molar-refractivity contribution in [3.63, 3.8) is 0 Å². The van der Waals surface area contributed by atoms with Gasteiger partial charge in [0, 0.05) is 7.11 Å². The van der Waals surface area contributed by atoms with Crippen LogP contribution in [0.5, 0.6) is 0 Å². The van der Waals surface area contributed by atoms with Gasteiger partial charge < -0.3 is 25.1 Å². The Bertz CT molecular complexity index is 1000. The van der Waals surface area contributed by atoms with Gasteiger partial charge in [-0.1, -0.05) is 24.3 Å². The number of methoxy groups -OCH3 is 1.